The van der Waals surface area contributed by atoms with Crippen LogP contribution in [0.15, 0.2) is 16.8 Å². The van der Waals surface area contributed by atoms with Crippen LogP contribution < -0.4 is 15.4 Å². The normalized spacial score (nSPS) is 12.1. The standard InChI is InChI=1S/C14H20N4O2/c1-8-6-11(10(3)20-8)9(2)18-14-12(19-5)13(15-4)16-7-17-14/h6-7,9H,1-5H3,(H2,15,16,17,18). The van der Waals surface area contributed by atoms with Gasteiger partial charge in [-0.05, 0) is 26.8 Å². The molecule has 2 aromatic heterocycles. The highest BCUT2D eigenvalue weighted by molar-refractivity contribution is 5.63. The predicted octanol–water partition coefficient (Wildman–Crippen LogP) is 2.91. The maximum Gasteiger partial charge on any atom is 0.204 e. The Hall–Kier alpha value is -2.24. The van der Waals surface area contributed by atoms with Crippen molar-refractivity contribution in [2.45, 2.75) is 26.8 Å². The van der Waals surface area contributed by atoms with Crippen LogP contribution in [0.4, 0.5) is 11.6 Å². The Morgan fingerprint density at radius 1 is 1.25 bits per heavy atom. The number of nitrogens with one attached hydrogen (secondary N) is 2. The summed E-state index contributed by atoms with van der Waals surface area (Å²) in [6.45, 7) is 5.95. The summed E-state index contributed by atoms with van der Waals surface area (Å²) in [5.74, 6) is 3.70. The second kappa shape index (κ2) is 5.81. The van der Waals surface area contributed by atoms with Crippen LogP contribution in [0, 0.1) is 13.8 Å². The summed E-state index contributed by atoms with van der Waals surface area (Å²) in [5, 5.41) is 6.31. The largest absolute Gasteiger partial charge is 0.490 e. The molecule has 6 heteroatoms. The van der Waals surface area contributed by atoms with Crippen LogP contribution in [-0.2, 0) is 0 Å². The molecule has 0 aliphatic rings. The molecule has 0 amide bonds. The molecule has 2 aromatic rings. The smallest absolute Gasteiger partial charge is 0.204 e. The molecule has 1 unspecified atom stereocenters. The lowest BCUT2D eigenvalue weighted by Gasteiger charge is -2.17. The summed E-state index contributed by atoms with van der Waals surface area (Å²) in [7, 11) is 3.39. The molecule has 0 aromatic carbocycles. The summed E-state index contributed by atoms with van der Waals surface area (Å²) in [6.07, 6.45) is 1.50. The van der Waals surface area contributed by atoms with Crippen molar-refractivity contribution >= 4 is 11.6 Å². The van der Waals surface area contributed by atoms with Crippen molar-refractivity contribution in [3.05, 3.63) is 29.5 Å². The maximum atomic E-state index is 5.56. The average molecular weight is 276 g/mol. The number of anilines is 2. The number of methoxy groups -OCH3 is 1. The fourth-order valence-corrected chi connectivity index (χ4v) is 2.21. The molecular formula is C14H20N4O2. The summed E-state index contributed by atoms with van der Waals surface area (Å²) >= 11 is 0. The molecule has 1 atom stereocenters. The highest BCUT2D eigenvalue weighted by Gasteiger charge is 2.17. The van der Waals surface area contributed by atoms with Gasteiger partial charge < -0.3 is 19.8 Å². The topological polar surface area (TPSA) is 72.2 Å². The minimum Gasteiger partial charge on any atom is -0.490 e. The fraction of sp³-hybridized carbons (Fsp3) is 0.429. The first-order valence-corrected chi connectivity index (χ1v) is 6.47. The number of aromatic nitrogens is 2. The first kappa shape index (κ1) is 14.2. The summed E-state index contributed by atoms with van der Waals surface area (Å²) < 4.78 is 10.9. The molecule has 2 heterocycles. The van der Waals surface area contributed by atoms with Crippen molar-refractivity contribution in [1.29, 1.82) is 0 Å². The monoisotopic (exact) mass is 276 g/mol. The number of furan rings is 1. The number of hydrogen-bond donors (Lipinski definition) is 2. The second-order valence-corrected chi connectivity index (χ2v) is 4.59. The third-order valence-corrected chi connectivity index (χ3v) is 3.14. The molecule has 0 bridgehead atoms. The highest BCUT2D eigenvalue weighted by atomic mass is 16.5. The van der Waals surface area contributed by atoms with Crippen molar-refractivity contribution in [3.8, 4) is 5.75 Å². The third-order valence-electron chi connectivity index (χ3n) is 3.14. The Bertz CT molecular complexity index is 595. The van der Waals surface area contributed by atoms with Gasteiger partial charge in [0, 0.05) is 12.6 Å². The van der Waals surface area contributed by atoms with Gasteiger partial charge in [-0.3, -0.25) is 0 Å². The summed E-state index contributed by atoms with van der Waals surface area (Å²) in [5.41, 5.74) is 1.11. The van der Waals surface area contributed by atoms with Crippen molar-refractivity contribution in [2.75, 3.05) is 24.8 Å². The zero-order valence-electron chi connectivity index (χ0n) is 12.4. The van der Waals surface area contributed by atoms with Crippen LogP contribution in [0.1, 0.15) is 30.0 Å². The van der Waals surface area contributed by atoms with E-state index >= 15 is 0 Å². The molecule has 0 radical (unpaired) electrons. The van der Waals surface area contributed by atoms with Crippen LogP contribution in [0.2, 0.25) is 0 Å². The summed E-state index contributed by atoms with van der Waals surface area (Å²) in [6, 6.07) is 2.08. The molecule has 108 valence electrons. The van der Waals surface area contributed by atoms with Crippen molar-refractivity contribution < 1.29 is 9.15 Å². The minimum atomic E-state index is 0.0564. The van der Waals surface area contributed by atoms with E-state index < -0.39 is 0 Å². The maximum absolute atomic E-state index is 5.56. The molecule has 0 aliphatic carbocycles. The Kier molecular flexibility index (Phi) is 4.12. The van der Waals surface area contributed by atoms with Gasteiger partial charge in [-0.15, -0.1) is 0 Å². The van der Waals surface area contributed by atoms with Crippen molar-refractivity contribution in [1.82, 2.24) is 9.97 Å². The molecule has 2 rings (SSSR count). The van der Waals surface area contributed by atoms with E-state index in [0.717, 1.165) is 17.1 Å². The van der Waals surface area contributed by atoms with Gasteiger partial charge in [0.2, 0.25) is 5.75 Å². The molecule has 2 N–H and O–H groups in total. The van der Waals surface area contributed by atoms with Gasteiger partial charge in [-0.1, -0.05) is 0 Å². The highest BCUT2D eigenvalue weighted by Crippen LogP contribution is 2.32. The number of nitrogens with zero attached hydrogens (tertiary/aromatic N) is 2. The molecule has 20 heavy (non-hydrogen) atoms. The van der Waals surface area contributed by atoms with Crippen LogP contribution in [-0.4, -0.2) is 24.1 Å². The van der Waals surface area contributed by atoms with Crippen LogP contribution in [0.5, 0.6) is 5.75 Å². The lowest BCUT2D eigenvalue weighted by atomic mass is 10.1. The molecule has 0 saturated carbocycles. The van der Waals surface area contributed by atoms with Crippen molar-refractivity contribution in [3.63, 3.8) is 0 Å². The van der Waals surface area contributed by atoms with E-state index in [2.05, 4.69) is 27.5 Å². The molecule has 0 aliphatic heterocycles. The van der Waals surface area contributed by atoms with Gasteiger partial charge in [-0.25, -0.2) is 9.97 Å². The van der Waals surface area contributed by atoms with Crippen LogP contribution in [0.3, 0.4) is 0 Å². The fourth-order valence-electron chi connectivity index (χ4n) is 2.21. The number of ether oxygens (including phenoxy) is 1. The molecule has 6 nitrogen and oxygen atoms in total. The minimum absolute atomic E-state index is 0.0564. The van der Waals surface area contributed by atoms with Crippen molar-refractivity contribution in [2.24, 2.45) is 0 Å². The Morgan fingerprint density at radius 3 is 2.50 bits per heavy atom. The SMILES string of the molecule is CNc1ncnc(NC(C)c2cc(C)oc2C)c1OC. The van der Waals surface area contributed by atoms with E-state index in [1.54, 1.807) is 14.2 Å². The van der Waals surface area contributed by atoms with Gasteiger partial charge in [0.1, 0.15) is 17.8 Å². The van der Waals surface area contributed by atoms with Gasteiger partial charge in [0.05, 0.1) is 13.2 Å². The van der Waals surface area contributed by atoms with Gasteiger partial charge in [0.15, 0.2) is 11.6 Å². The predicted molar refractivity (Wildman–Crippen MR) is 78.4 cm³/mol. The van der Waals surface area contributed by atoms with E-state index in [-0.39, 0.29) is 6.04 Å². The quantitative estimate of drug-likeness (QED) is 0.875. The van der Waals surface area contributed by atoms with E-state index in [9.17, 15) is 0 Å². The van der Waals surface area contributed by atoms with Gasteiger partial charge in [-0.2, -0.15) is 0 Å². The zero-order valence-corrected chi connectivity index (χ0v) is 12.4. The first-order chi connectivity index (χ1) is 9.56. The molecular weight excluding hydrogens is 256 g/mol. The number of aryl methyl sites for hydroxylation is 2. The van der Waals surface area contributed by atoms with E-state index in [0.29, 0.717) is 17.4 Å². The Labute approximate surface area is 118 Å². The third kappa shape index (κ3) is 2.68. The van der Waals surface area contributed by atoms with E-state index in [1.807, 2.05) is 19.9 Å². The zero-order chi connectivity index (χ0) is 14.7. The summed E-state index contributed by atoms with van der Waals surface area (Å²) in [4.78, 5) is 8.37. The van der Waals surface area contributed by atoms with Crippen LogP contribution >= 0.6 is 0 Å². The Balaban J connectivity index is 2.28. The number of hydrogen-bond acceptors (Lipinski definition) is 6. The lowest BCUT2D eigenvalue weighted by molar-refractivity contribution is 0.414. The van der Waals surface area contributed by atoms with Crippen LogP contribution in [0.25, 0.3) is 0 Å². The average Bonchev–Trinajstić information content (AvgIpc) is 2.77. The lowest BCUT2D eigenvalue weighted by Crippen LogP contribution is -2.11. The first-order valence-electron chi connectivity index (χ1n) is 6.47. The molecule has 0 fully saturated rings. The van der Waals surface area contributed by atoms with E-state index in [4.69, 9.17) is 9.15 Å². The molecule has 0 spiro atoms. The van der Waals surface area contributed by atoms with E-state index in [1.165, 1.54) is 6.33 Å². The van der Waals surface area contributed by atoms with Gasteiger partial charge >= 0.3 is 0 Å². The second-order valence-electron chi connectivity index (χ2n) is 4.59. The number of rotatable bonds is 5. The van der Waals surface area contributed by atoms with Gasteiger partial charge in [0.25, 0.3) is 0 Å². The molecule has 0 saturated heterocycles. The Morgan fingerprint density at radius 2 is 1.95 bits per heavy atom.